The van der Waals surface area contributed by atoms with Gasteiger partial charge >= 0.3 is 0 Å². The molecule has 2 heterocycles. The number of imide groups is 1. The predicted octanol–water partition coefficient (Wildman–Crippen LogP) is 1.87. The van der Waals surface area contributed by atoms with Gasteiger partial charge in [0, 0.05) is 30.8 Å². The van der Waals surface area contributed by atoms with E-state index >= 15 is 0 Å². The number of nitrogens with one attached hydrogen (secondary N) is 2. The lowest BCUT2D eigenvalue weighted by molar-refractivity contribution is -0.137. The fourth-order valence-electron chi connectivity index (χ4n) is 3.44. The van der Waals surface area contributed by atoms with Gasteiger partial charge in [-0.05, 0) is 36.4 Å². The lowest BCUT2D eigenvalue weighted by Gasteiger charge is -2.29. The molecular weight excluding hydrogens is 364 g/mol. The normalized spacial score (nSPS) is 18.4. The fourth-order valence-corrected chi connectivity index (χ4v) is 3.44. The Kier molecular flexibility index (Phi) is 5.90. The van der Waals surface area contributed by atoms with Crippen molar-refractivity contribution in [3.8, 4) is 0 Å². The number of amides is 4. The molecule has 1 unspecified atom stereocenters. The summed E-state index contributed by atoms with van der Waals surface area (Å²) < 4.78 is 0. The van der Waals surface area contributed by atoms with E-state index in [4.69, 9.17) is 5.53 Å². The number of anilines is 1. The average Bonchev–Trinajstić information content (AvgIpc) is 2.99. The van der Waals surface area contributed by atoms with Crippen molar-refractivity contribution in [1.82, 2.24) is 10.2 Å². The quantitative estimate of drug-likeness (QED) is 0.243. The molecule has 1 fully saturated rings. The van der Waals surface area contributed by atoms with E-state index in [1.54, 1.807) is 18.2 Å². The summed E-state index contributed by atoms with van der Waals surface area (Å²) in [6.45, 7) is 0.597. The van der Waals surface area contributed by atoms with Crippen molar-refractivity contribution >= 4 is 29.3 Å². The van der Waals surface area contributed by atoms with Crippen molar-refractivity contribution in [3.63, 3.8) is 0 Å². The molecule has 0 bridgehead atoms. The average molecular weight is 384 g/mol. The molecule has 2 aliphatic rings. The number of benzene rings is 1. The molecule has 2 aliphatic heterocycles. The van der Waals surface area contributed by atoms with Crippen LogP contribution >= 0.6 is 0 Å². The number of carbonyl (C=O) groups excluding carboxylic acids is 4. The van der Waals surface area contributed by atoms with E-state index in [-0.39, 0.29) is 43.5 Å². The van der Waals surface area contributed by atoms with Crippen LogP contribution in [0, 0.1) is 0 Å². The molecule has 0 saturated carbocycles. The number of azide groups is 1. The molecule has 146 valence electrons. The van der Waals surface area contributed by atoms with Gasteiger partial charge in [-0.25, -0.2) is 0 Å². The topological polar surface area (TPSA) is 144 Å². The van der Waals surface area contributed by atoms with Gasteiger partial charge in [0.05, 0.1) is 11.3 Å². The summed E-state index contributed by atoms with van der Waals surface area (Å²) in [6.07, 6.45) is 1.89. The molecule has 10 heteroatoms. The molecule has 0 aromatic heterocycles. The number of carbonyl (C=O) groups is 4. The van der Waals surface area contributed by atoms with Crippen LogP contribution in [0.25, 0.3) is 10.4 Å². The minimum atomic E-state index is -0.693. The molecule has 28 heavy (non-hydrogen) atoms. The van der Waals surface area contributed by atoms with Gasteiger partial charge in [-0.15, -0.1) is 0 Å². The van der Waals surface area contributed by atoms with Crippen LogP contribution in [0.2, 0.25) is 0 Å². The van der Waals surface area contributed by atoms with Crippen LogP contribution in [0.15, 0.2) is 23.3 Å². The van der Waals surface area contributed by atoms with Crippen LogP contribution in [0.1, 0.15) is 48.0 Å². The third-order valence-corrected chi connectivity index (χ3v) is 4.80. The largest absolute Gasteiger partial charge is 0.325 e. The summed E-state index contributed by atoms with van der Waals surface area (Å²) in [7, 11) is 0. The fraction of sp³-hybridized carbons (Fsp3) is 0.444. The highest BCUT2D eigenvalue weighted by molar-refractivity contribution is 6.09. The summed E-state index contributed by atoms with van der Waals surface area (Å²) in [5.74, 6) is -1.37. The van der Waals surface area contributed by atoms with E-state index in [9.17, 15) is 19.2 Å². The second-order valence-electron chi connectivity index (χ2n) is 6.70. The zero-order valence-corrected chi connectivity index (χ0v) is 15.2. The first kappa shape index (κ1) is 19.4. The minimum absolute atomic E-state index is 0.190. The Morgan fingerprint density at radius 3 is 2.89 bits per heavy atom. The number of unbranched alkanes of at least 4 members (excludes halogenated alkanes) is 1. The Hall–Kier alpha value is -3.39. The van der Waals surface area contributed by atoms with Gasteiger partial charge in [0.25, 0.3) is 5.91 Å². The number of hydrogen-bond acceptors (Lipinski definition) is 5. The van der Waals surface area contributed by atoms with Crippen molar-refractivity contribution < 1.29 is 19.2 Å². The number of hydrogen-bond donors (Lipinski definition) is 2. The SMILES string of the molecule is [N-]=[N+]=NCCCCC(=O)Nc1cccc2c1C(=O)N(C1CCC(=O)NC1=O)C2. The Bertz CT molecular complexity index is 877. The third kappa shape index (κ3) is 4.12. The smallest absolute Gasteiger partial charge is 0.257 e. The van der Waals surface area contributed by atoms with E-state index in [1.165, 1.54) is 4.90 Å². The Morgan fingerprint density at radius 2 is 2.14 bits per heavy atom. The van der Waals surface area contributed by atoms with E-state index < -0.39 is 11.9 Å². The molecule has 1 aromatic carbocycles. The van der Waals surface area contributed by atoms with Crippen LogP contribution in [0.5, 0.6) is 0 Å². The van der Waals surface area contributed by atoms with Gasteiger partial charge in [0.1, 0.15) is 6.04 Å². The summed E-state index contributed by atoms with van der Waals surface area (Å²) >= 11 is 0. The predicted molar refractivity (Wildman–Crippen MR) is 99.0 cm³/mol. The second kappa shape index (κ2) is 8.53. The first-order chi connectivity index (χ1) is 13.5. The summed E-state index contributed by atoms with van der Waals surface area (Å²) in [6, 6.07) is 4.50. The molecule has 1 saturated heterocycles. The van der Waals surface area contributed by atoms with Gasteiger partial charge in [0.2, 0.25) is 17.7 Å². The summed E-state index contributed by atoms with van der Waals surface area (Å²) in [5, 5.41) is 8.45. The van der Waals surface area contributed by atoms with Crippen molar-refractivity contribution in [3.05, 3.63) is 39.8 Å². The van der Waals surface area contributed by atoms with Crippen LogP contribution in [-0.4, -0.2) is 41.1 Å². The monoisotopic (exact) mass is 384 g/mol. The molecule has 0 spiro atoms. The van der Waals surface area contributed by atoms with Crippen molar-refractivity contribution in [1.29, 1.82) is 0 Å². The molecular formula is C18H20N6O4. The number of nitrogens with zero attached hydrogens (tertiary/aromatic N) is 4. The van der Waals surface area contributed by atoms with Crippen molar-refractivity contribution in [2.24, 2.45) is 5.11 Å². The Labute approximate surface area is 160 Å². The third-order valence-electron chi connectivity index (χ3n) is 4.80. The van der Waals surface area contributed by atoms with Crippen LogP contribution < -0.4 is 10.6 Å². The lowest BCUT2D eigenvalue weighted by atomic mass is 10.0. The van der Waals surface area contributed by atoms with E-state index in [0.717, 1.165) is 5.56 Å². The highest BCUT2D eigenvalue weighted by Gasteiger charge is 2.40. The molecule has 3 rings (SSSR count). The molecule has 1 atom stereocenters. The van der Waals surface area contributed by atoms with Crippen LogP contribution in [0.4, 0.5) is 5.69 Å². The maximum atomic E-state index is 12.9. The van der Waals surface area contributed by atoms with E-state index in [0.29, 0.717) is 30.6 Å². The van der Waals surface area contributed by atoms with Gasteiger partial charge in [0.15, 0.2) is 0 Å². The zero-order chi connectivity index (χ0) is 20.1. The molecule has 4 amide bonds. The van der Waals surface area contributed by atoms with Gasteiger partial charge in [-0.1, -0.05) is 17.2 Å². The Balaban J connectivity index is 1.67. The number of rotatable bonds is 7. The van der Waals surface area contributed by atoms with Crippen LogP contribution in [-0.2, 0) is 20.9 Å². The zero-order valence-electron chi connectivity index (χ0n) is 15.2. The molecule has 2 N–H and O–H groups in total. The molecule has 0 aliphatic carbocycles. The van der Waals surface area contributed by atoms with Crippen molar-refractivity contribution in [2.45, 2.75) is 44.7 Å². The number of piperidine rings is 1. The summed E-state index contributed by atoms with van der Waals surface area (Å²) in [5.41, 5.74) is 9.76. The molecule has 0 radical (unpaired) electrons. The molecule has 1 aromatic rings. The van der Waals surface area contributed by atoms with Crippen LogP contribution in [0.3, 0.4) is 0 Å². The van der Waals surface area contributed by atoms with Gasteiger partial charge < -0.3 is 10.2 Å². The standard InChI is InChI=1S/C18H20N6O4/c19-23-20-9-2-1-6-14(25)21-12-5-3-4-11-10-24(18(28)16(11)12)13-7-8-15(26)22-17(13)27/h3-5,13H,1-2,6-10H2,(H,21,25)(H,22,26,27). The van der Waals surface area contributed by atoms with Crippen molar-refractivity contribution in [2.75, 3.05) is 11.9 Å². The first-order valence-corrected chi connectivity index (χ1v) is 9.08. The Morgan fingerprint density at radius 1 is 1.32 bits per heavy atom. The molecule has 10 nitrogen and oxygen atoms in total. The second-order valence-corrected chi connectivity index (χ2v) is 6.70. The highest BCUT2D eigenvalue weighted by atomic mass is 16.2. The number of fused-ring (bicyclic) bond motifs is 1. The minimum Gasteiger partial charge on any atom is -0.325 e. The van der Waals surface area contributed by atoms with Gasteiger partial charge in [-0.3, -0.25) is 24.5 Å². The van der Waals surface area contributed by atoms with E-state index in [1.807, 2.05) is 0 Å². The lowest BCUT2D eigenvalue weighted by Crippen LogP contribution is -2.52. The van der Waals surface area contributed by atoms with Gasteiger partial charge in [-0.2, -0.15) is 0 Å². The maximum absolute atomic E-state index is 12.9. The van der Waals surface area contributed by atoms with E-state index in [2.05, 4.69) is 20.7 Å². The summed E-state index contributed by atoms with van der Waals surface area (Å²) in [4.78, 5) is 52.7. The maximum Gasteiger partial charge on any atom is 0.257 e. The highest BCUT2D eigenvalue weighted by Crippen LogP contribution is 2.32. The first-order valence-electron chi connectivity index (χ1n) is 9.08.